The summed E-state index contributed by atoms with van der Waals surface area (Å²) < 4.78 is 27.3. The fourth-order valence-corrected chi connectivity index (χ4v) is 3.12. The lowest BCUT2D eigenvalue weighted by molar-refractivity contribution is 0.504. The van der Waals surface area contributed by atoms with Gasteiger partial charge in [0.05, 0.1) is 4.47 Å². The van der Waals surface area contributed by atoms with Crippen LogP contribution in [-0.4, -0.2) is 9.97 Å². The zero-order valence-corrected chi connectivity index (χ0v) is 12.2. The lowest BCUT2D eigenvalue weighted by Gasteiger charge is -2.08. The highest BCUT2D eigenvalue weighted by atomic mass is 79.9. The van der Waals surface area contributed by atoms with Crippen molar-refractivity contribution in [1.29, 1.82) is 0 Å². The Hall–Kier alpha value is -1.14. The fourth-order valence-electron chi connectivity index (χ4n) is 2.29. The predicted molar refractivity (Wildman–Crippen MR) is 74.5 cm³/mol. The number of H-pyrrole nitrogens is 1. The maximum Gasteiger partial charge on any atom is 0.173 e. The van der Waals surface area contributed by atoms with Crippen LogP contribution in [0.4, 0.5) is 8.78 Å². The molecule has 0 amide bonds. The summed E-state index contributed by atoms with van der Waals surface area (Å²) in [4.78, 5) is 7.46. The first-order chi connectivity index (χ1) is 9.08. The third-order valence-electron chi connectivity index (χ3n) is 3.25. The zero-order valence-electron chi connectivity index (χ0n) is 9.77. The van der Waals surface area contributed by atoms with Gasteiger partial charge in [-0.1, -0.05) is 12.2 Å². The van der Waals surface area contributed by atoms with Gasteiger partial charge in [0.2, 0.25) is 0 Å². The zero-order chi connectivity index (χ0) is 13.6. The number of aromatic nitrogens is 2. The van der Waals surface area contributed by atoms with E-state index in [1.807, 2.05) is 0 Å². The average molecular weight is 343 g/mol. The van der Waals surface area contributed by atoms with Crippen LogP contribution in [-0.2, 0) is 12.8 Å². The van der Waals surface area contributed by atoms with Gasteiger partial charge in [-0.2, -0.15) is 0 Å². The van der Waals surface area contributed by atoms with Crippen molar-refractivity contribution in [1.82, 2.24) is 9.97 Å². The second-order valence-electron chi connectivity index (χ2n) is 4.42. The van der Waals surface area contributed by atoms with Crippen LogP contribution in [0.3, 0.4) is 0 Å². The average Bonchev–Trinajstić information content (AvgIpc) is 2.85. The molecule has 2 aromatic rings. The van der Waals surface area contributed by atoms with E-state index in [-0.39, 0.29) is 4.47 Å². The Labute approximate surface area is 122 Å². The molecule has 0 spiro atoms. The van der Waals surface area contributed by atoms with Crippen LogP contribution < -0.4 is 0 Å². The highest BCUT2D eigenvalue weighted by Gasteiger charge is 2.18. The van der Waals surface area contributed by atoms with E-state index < -0.39 is 11.6 Å². The van der Waals surface area contributed by atoms with Crippen molar-refractivity contribution in [2.24, 2.45) is 0 Å². The molecule has 1 N–H and O–H groups in total. The fraction of sp³-hybridized carbons (Fsp3) is 0.231. The van der Waals surface area contributed by atoms with Gasteiger partial charge in [-0.15, -0.1) is 0 Å². The monoisotopic (exact) mass is 342 g/mol. The topological polar surface area (TPSA) is 28.7 Å². The lowest BCUT2D eigenvalue weighted by atomic mass is 10.2. The number of hydrogen-bond donors (Lipinski definition) is 1. The molecule has 0 unspecified atom stereocenters. The molecule has 1 aliphatic rings. The number of fused-ring (bicyclic) bond motifs is 1. The van der Waals surface area contributed by atoms with E-state index in [0.29, 0.717) is 16.0 Å². The Bertz CT molecular complexity index is 727. The Balaban J connectivity index is 2.21. The van der Waals surface area contributed by atoms with E-state index in [9.17, 15) is 8.78 Å². The molecule has 1 heterocycles. The standard InChI is InChI=1S/C13H9BrF2N2S/c14-10-7(4-5-8(15)11(10)16)12-17-9-3-1-2-6(9)13(19)18-12/h4-5H,1-3H2,(H,17,18,19). The molecular weight excluding hydrogens is 334 g/mol. The smallest absolute Gasteiger partial charge is 0.173 e. The minimum atomic E-state index is -0.917. The Kier molecular flexibility index (Phi) is 3.22. The van der Waals surface area contributed by atoms with Crippen molar-refractivity contribution in [3.05, 3.63) is 44.1 Å². The van der Waals surface area contributed by atoms with Gasteiger partial charge in [0.25, 0.3) is 0 Å². The number of nitrogens with zero attached hydrogens (tertiary/aromatic N) is 1. The highest BCUT2D eigenvalue weighted by Crippen LogP contribution is 2.31. The van der Waals surface area contributed by atoms with Crippen LogP contribution in [0.25, 0.3) is 11.4 Å². The molecule has 0 aliphatic heterocycles. The molecule has 19 heavy (non-hydrogen) atoms. The van der Waals surface area contributed by atoms with Gasteiger partial charge in [0.1, 0.15) is 10.5 Å². The number of aromatic amines is 1. The number of aryl methyl sites for hydroxylation is 1. The summed E-state index contributed by atoms with van der Waals surface area (Å²) in [6.45, 7) is 0. The summed E-state index contributed by atoms with van der Waals surface area (Å²) in [5.74, 6) is -1.34. The Morgan fingerprint density at radius 3 is 2.84 bits per heavy atom. The van der Waals surface area contributed by atoms with Crippen molar-refractivity contribution < 1.29 is 8.78 Å². The van der Waals surface area contributed by atoms with Gasteiger partial charge in [-0.05, 0) is 47.3 Å². The van der Waals surface area contributed by atoms with Gasteiger partial charge in [-0.3, -0.25) is 0 Å². The van der Waals surface area contributed by atoms with E-state index in [0.717, 1.165) is 36.6 Å². The summed E-state index contributed by atoms with van der Waals surface area (Å²) in [5.41, 5.74) is 2.59. The van der Waals surface area contributed by atoms with Gasteiger partial charge in [0.15, 0.2) is 11.6 Å². The van der Waals surface area contributed by atoms with Crippen molar-refractivity contribution in [3.63, 3.8) is 0 Å². The largest absolute Gasteiger partial charge is 0.343 e. The van der Waals surface area contributed by atoms with Crippen LogP contribution in [0.5, 0.6) is 0 Å². The number of rotatable bonds is 1. The normalized spacial score (nSPS) is 13.6. The first kappa shape index (κ1) is 12.9. The maximum atomic E-state index is 13.6. The predicted octanol–water partition coefficient (Wildman–Crippen LogP) is 4.34. The van der Waals surface area contributed by atoms with E-state index >= 15 is 0 Å². The van der Waals surface area contributed by atoms with E-state index in [2.05, 4.69) is 25.9 Å². The molecule has 98 valence electrons. The molecule has 3 rings (SSSR count). The molecule has 1 aliphatic carbocycles. The number of halogens is 3. The minimum absolute atomic E-state index is 0.0589. The quantitative estimate of drug-likeness (QED) is 0.617. The molecule has 1 aromatic heterocycles. The molecule has 0 radical (unpaired) electrons. The summed E-state index contributed by atoms with van der Waals surface area (Å²) >= 11 is 8.32. The summed E-state index contributed by atoms with van der Waals surface area (Å²) in [6.07, 6.45) is 2.88. The molecule has 2 nitrogen and oxygen atoms in total. The lowest BCUT2D eigenvalue weighted by Crippen LogP contribution is -1.99. The second-order valence-corrected chi connectivity index (χ2v) is 5.60. The van der Waals surface area contributed by atoms with Gasteiger partial charge < -0.3 is 4.98 Å². The molecule has 1 aromatic carbocycles. The van der Waals surface area contributed by atoms with E-state index in [1.54, 1.807) is 0 Å². The number of hydrogen-bond acceptors (Lipinski definition) is 2. The summed E-state index contributed by atoms with van der Waals surface area (Å²) in [5, 5.41) is 0. The molecule has 0 saturated heterocycles. The minimum Gasteiger partial charge on any atom is -0.343 e. The molecule has 6 heteroatoms. The van der Waals surface area contributed by atoms with E-state index in [4.69, 9.17) is 12.2 Å². The third kappa shape index (κ3) is 2.12. The number of benzene rings is 1. The molecule has 0 fully saturated rings. The first-order valence-electron chi connectivity index (χ1n) is 5.84. The van der Waals surface area contributed by atoms with Crippen molar-refractivity contribution in [2.75, 3.05) is 0 Å². The highest BCUT2D eigenvalue weighted by molar-refractivity contribution is 9.10. The van der Waals surface area contributed by atoms with Crippen LogP contribution in [0.2, 0.25) is 0 Å². The third-order valence-corrected chi connectivity index (χ3v) is 4.36. The molecular formula is C13H9BrF2N2S. The van der Waals surface area contributed by atoms with Crippen LogP contribution in [0.15, 0.2) is 16.6 Å². The van der Waals surface area contributed by atoms with Crippen molar-refractivity contribution in [3.8, 4) is 11.4 Å². The van der Waals surface area contributed by atoms with Crippen LogP contribution >= 0.6 is 28.1 Å². The Morgan fingerprint density at radius 2 is 2.05 bits per heavy atom. The SMILES string of the molecule is Fc1ccc(-c2nc(=S)c3c([nH]2)CCC3)c(Br)c1F. The van der Waals surface area contributed by atoms with Crippen molar-refractivity contribution >= 4 is 28.1 Å². The van der Waals surface area contributed by atoms with E-state index in [1.165, 1.54) is 6.07 Å². The summed E-state index contributed by atoms with van der Waals surface area (Å²) in [6, 6.07) is 2.57. The Morgan fingerprint density at radius 1 is 1.26 bits per heavy atom. The molecule has 0 atom stereocenters. The first-order valence-corrected chi connectivity index (χ1v) is 7.04. The number of nitrogens with one attached hydrogen (secondary N) is 1. The van der Waals surface area contributed by atoms with Gasteiger partial charge in [0, 0.05) is 16.8 Å². The van der Waals surface area contributed by atoms with Gasteiger partial charge in [-0.25, -0.2) is 13.8 Å². The second kappa shape index (κ2) is 4.76. The van der Waals surface area contributed by atoms with Crippen LogP contribution in [0.1, 0.15) is 17.7 Å². The summed E-state index contributed by atoms with van der Waals surface area (Å²) in [7, 11) is 0. The molecule has 0 bridgehead atoms. The van der Waals surface area contributed by atoms with Crippen LogP contribution in [0, 0.1) is 16.3 Å². The maximum absolute atomic E-state index is 13.6. The molecule has 0 saturated carbocycles. The van der Waals surface area contributed by atoms with Crippen molar-refractivity contribution in [2.45, 2.75) is 19.3 Å². The van der Waals surface area contributed by atoms with Gasteiger partial charge >= 0.3 is 0 Å².